The molecule has 0 radical (unpaired) electrons. The molecule has 1 fully saturated rings. The zero-order valence-electron chi connectivity index (χ0n) is 13.9. The molecule has 2 aromatic carbocycles. The first-order valence-electron chi connectivity index (χ1n) is 7.99. The maximum atomic E-state index is 12.8. The summed E-state index contributed by atoms with van der Waals surface area (Å²) >= 11 is 6.51. The van der Waals surface area contributed by atoms with Gasteiger partial charge in [0.15, 0.2) is 11.5 Å². The molecule has 0 unspecified atom stereocenters. The summed E-state index contributed by atoms with van der Waals surface area (Å²) in [7, 11) is 0. The first-order chi connectivity index (χ1) is 13.0. The van der Waals surface area contributed by atoms with Crippen molar-refractivity contribution in [1.29, 1.82) is 0 Å². The Hall–Kier alpha value is -2.84. The van der Waals surface area contributed by atoms with Gasteiger partial charge in [0.25, 0.3) is 5.91 Å². The average molecular weight is 399 g/mol. The predicted octanol–water partition coefficient (Wildman–Crippen LogP) is 3.51. The van der Waals surface area contributed by atoms with Gasteiger partial charge in [0.2, 0.25) is 6.79 Å². The zero-order valence-corrected chi connectivity index (χ0v) is 15.5. The molecule has 0 atom stereocenters. The third-order valence-corrected chi connectivity index (χ3v) is 5.51. The van der Waals surface area contributed by atoms with E-state index < -0.39 is 5.97 Å². The lowest BCUT2D eigenvalue weighted by Gasteiger charge is -2.14. The number of thioether (sulfide) groups is 1. The Morgan fingerprint density at radius 3 is 2.81 bits per heavy atom. The molecule has 1 amide bonds. The molecule has 2 heterocycles. The third-order valence-electron chi connectivity index (χ3n) is 4.13. The number of nitrogens with zero attached hydrogens (tertiary/aromatic N) is 1. The summed E-state index contributed by atoms with van der Waals surface area (Å²) in [6.45, 7) is 0.491. The summed E-state index contributed by atoms with van der Waals surface area (Å²) in [5.74, 6) is 0.0266. The van der Waals surface area contributed by atoms with Crippen LogP contribution in [0.3, 0.4) is 0 Å². The number of rotatable bonds is 4. The Bertz CT molecular complexity index is 1000. The van der Waals surface area contributed by atoms with E-state index in [1.54, 1.807) is 30.3 Å². The molecule has 2 aromatic rings. The first-order valence-corrected chi connectivity index (χ1v) is 9.21. The molecule has 0 spiro atoms. The quantitative estimate of drug-likeness (QED) is 0.623. The van der Waals surface area contributed by atoms with Crippen LogP contribution >= 0.6 is 24.0 Å². The van der Waals surface area contributed by atoms with Gasteiger partial charge in [-0.2, -0.15) is 0 Å². The summed E-state index contributed by atoms with van der Waals surface area (Å²) in [6.07, 6.45) is 1.57. The monoisotopic (exact) mass is 399 g/mol. The number of carbonyl (C=O) groups is 2. The number of carbonyl (C=O) groups excluding carboxylic acids is 1. The van der Waals surface area contributed by atoms with E-state index in [0.717, 1.165) is 17.3 Å². The predicted molar refractivity (Wildman–Crippen MR) is 105 cm³/mol. The van der Waals surface area contributed by atoms with Crippen LogP contribution in [0.25, 0.3) is 6.08 Å². The van der Waals surface area contributed by atoms with Gasteiger partial charge >= 0.3 is 5.97 Å². The first kappa shape index (κ1) is 17.6. The summed E-state index contributed by atoms with van der Waals surface area (Å²) in [4.78, 5) is 26.0. The highest BCUT2D eigenvalue weighted by Crippen LogP contribution is 2.36. The SMILES string of the molecule is O=C(O)c1ccccc1/C=C1\SC(=S)N(Cc2ccc3c(c2)OCO3)C1=O. The molecule has 27 heavy (non-hydrogen) atoms. The highest BCUT2D eigenvalue weighted by molar-refractivity contribution is 8.26. The second kappa shape index (κ2) is 7.05. The van der Waals surface area contributed by atoms with E-state index in [-0.39, 0.29) is 18.3 Å². The number of benzene rings is 2. The summed E-state index contributed by atoms with van der Waals surface area (Å²) in [5, 5.41) is 9.30. The number of ether oxygens (including phenoxy) is 2. The van der Waals surface area contributed by atoms with E-state index in [0.29, 0.717) is 32.8 Å². The summed E-state index contributed by atoms with van der Waals surface area (Å²) < 4.78 is 11.1. The highest BCUT2D eigenvalue weighted by atomic mass is 32.2. The van der Waals surface area contributed by atoms with Crippen LogP contribution in [0.4, 0.5) is 0 Å². The van der Waals surface area contributed by atoms with Gasteiger partial charge < -0.3 is 14.6 Å². The Morgan fingerprint density at radius 1 is 1.22 bits per heavy atom. The standard InChI is InChI=1S/C19H13NO5S2/c21-17-16(8-12-3-1-2-4-13(12)18(22)23)27-19(26)20(17)9-11-5-6-14-15(7-11)25-10-24-14/h1-8H,9-10H2,(H,22,23)/b16-8-. The fraction of sp³-hybridized carbons (Fsp3) is 0.105. The molecule has 0 saturated carbocycles. The Kier molecular flexibility index (Phi) is 4.59. The molecule has 4 rings (SSSR count). The van der Waals surface area contributed by atoms with E-state index in [9.17, 15) is 14.7 Å². The topological polar surface area (TPSA) is 76.1 Å². The van der Waals surface area contributed by atoms with Gasteiger partial charge in [-0.25, -0.2) is 4.79 Å². The Balaban J connectivity index is 1.58. The zero-order chi connectivity index (χ0) is 19.0. The number of hydrogen-bond donors (Lipinski definition) is 1. The Labute approximate surface area is 164 Å². The van der Waals surface area contributed by atoms with Crippen molar-refractivity contribution < 1.29 is 24.2 Å². The van der Waals surface area contributed by atoms with Crippen molar-refractivity contribution in [3.05, 3.63) is 64.1 Å². The van der Waals surface area contributed by atoms with E-state index in [4.69, 9.17) is 21.7 Å². The number of hydrogen-bond acceptors (Lipinski definition) is 6. The lowest BCUT2D eigenvalue weighted by Crippen LogP contribution is -2.27. The lowest BCUT2D eigenvalue weighted by molar-refractivity contribution is -0.122. The van der Waals surface area contributed by atoms with Crippen LogP contribution in [0, 0.1) is 0 Å². The summed E-state index contributed by atoms with van der Waals surface area (Å²) in [5.41, 5.74) is 1.47. The van der Waals surface area contributed by atoms with Gasteiger partial charge in [0, 0.05) is 0 Å². The molecule has 1 N–H and O–H groups in total. The van der Waals surface area contributed by atoms with Crippen molar-refractivity contribution in [3.8, 4) is 11.5 Å². The molecule has 2 aliphatic rings. The van der Waals surface area contributed by atoms with Gasteiger partial charge in [-0.15, -0.1) is 0 Å². The van der Waals surface area contributed by atoms with Crippen molar-refractivity contribution in [2.75, 3.05) is 6.79 Å². The normalized spacial score (nSPS) is 17.0. The number of carboxylic acid groups (broad SMARTS) is 1. The molecule has 6 nitrogen and oxygen atoms in total. The summed E-state index contributed by atoms with van der Waals surface area (Å²) in [6, 6.07) is 12.0. The van der Waals surface area contributed by atoms with Gasteiger partial charge in [-0.3, -0.25) is 9.69 Å². The number of amides is 1. The second-order valence-electron chi connectivity index (χ2n) is 5.85. The molecular weight excluding hydrogens is 386 g/mol. The van der Waals surface area contributed by atoms with E-state index in [1.807, 2.05) is 12.1 Å². The van der Waals surface area contributed by atoms with Crippen molar-refractivity contribution in [3.63, 3.8) is 0 Å². The lowest BCUT2D eigenvalue weighted by atomic mass is 10.1. The third kappa shape index (κ3) is 3.41. The van der Waals surface area contributed by atoms with Gasteiger partial charge in [-0.05, 0) is 35.4 Å². The van der Waals surface area contributed by atoms with Crippen LogP contribution in [0.1, 0.15) is 21.5 Å². The fourth-order valence-electron chi connectivity index (χ4n) is 2.82. The van der Waals surface area contributed by atoms with E-state index in [2.05, 4.69) is 0 Å². The maximum Gasteiger partial charge on any atom is 0.336 e. The second-order valence-corrected chi connectivity index (χ2v) is 7.52. The van der Waals surface area contributed by atoms with Crippen molar-refractivity contribution in [2.24, 2.45) is 0 Å². The van der Waals surface area contributed by atoms with Crippen LogP contribution < -0.4 is 9.47 Å². The average Bonchev–Trinajstić information content (AvgIpc) is 3.22. The van der Waals surface area contributed by atoms with Crippen LogP contribution in [-0.4, -0.2) is 33.0 Å². The minimum Gasteiger partial charge on any atom is -0.478 e. The van der Waals surface area contributed by atoms with Crippen LogP contribution in [0.2, 0.25) is 0 Å². The van der Waals surface area contributed by atoms with Crippen molar-refractivity contribution in [2.45, 2.75) is 6.54 Å². The fourth-order valence-corrected chi connectivity index (χ4v) is 4.06. The number of aromatic carboxylic acids is 1. The number of thiocarbonyl (C=S) groups is 1. The molecule has 1 saturated heterocycles. The molecule has 2 aliphatic heterocycles. The molecule has 136 valence electrons. The molecule has 8 heteroatoms. The van der Waals surface area contributed by atoms with Crippen LogP contribution in [0.5, 0.6) is 11.5 Å². The van der Waals surface area contributed by atoms with Gasteiger partial charge in [-0.1, -0.05) is 48.2 Å². The minimum atomic E-state index is -1.04. The Morgan fingerprint density at radius 2 is 2.00 bits per heavy atom. The van der Waals surface area contributed by atoms with Crippen LogP contribution in [-0.2, 0) is 11.3 Å². The molecule has 0 aliphatic carbocycles. The highest BCUT2D eigenvalue weighted by Gasteiger charge is 2.32. The number of carboxylic acids is 1. The van der Waals surface area contributed by atoms with Crippen molar-refractivity contribution in [1.82, 2.24) is 4.90 Å². The molecule has 0 aromatic heterocycles. The minimum absolute atomic E-state index is 0.138. The molecule has 0 bridgehead atoms. The van der Waals surface area contributed by atoms with Gasteiger partial charge in [0.1, 0.15) is 4.32 Å². The van der Waals surface area contributed by atoms with E-state index in [1.165, 1.54) is 11.0 Å². The van der Waals surface area contributed by atoms with E-state index >= 15 is 0 Å². The number of fused-ring (bicyclic) bond motifs is 1. The smallest absolute Gasteiger partial charge is 0.336 e. The molecular formula is C19H13NO5S2. The van der Waals surface area contributed by atoms with Crippen molar-refractivity contribution >= 4 is 46.3 Å². The van der Waals surface area contributed by atoms with Gasteiger partial charge in [0.05, 0.1) is 17.0 Å². The van der Waals surface area contributed by atoms with Crippen LogP contribution in [0.15, 0.2) is 47.4 Å². The maximum absolute atomic E-state index is 12.8. The largest absolute Gasteiger partial charge is 0.478 e.